The molecule has 1 N–H and O–H groups in total. The number of rotatable bonds is 5. The van der Waals surface area contributed by atoms with Gasteiger partial charge < -0.3 is 14.0 Å². The van der Waals surface area contributed by atoms with Crippen LogP contribution in [0.3, 0.4) is 0 Å². The van der Waals surface area contributed by atoms with Gasteiger partial charge in [0, 0.05) is 27.1 Å². The number of aryl methyl sites for hydroxylation is 2. The molecule has 0 amide bonds. The van der Waals surface area contributed by atoms with Gasteiger partial charge in [-0.25, -0.2) is 4.68 Å². The largest absolute Gasteiger partial charge is 0.508 e. The van der Waals surface area contributed by atoms with E-state index >= 15 is 0 Å². The van der Waals surface area contributed by atoms with Crippen molar-refractivity contribution in [2.24, 2.45) is 7.05 Å². The molecule has 0 aliphatic carbocycles. The number of phenols is 1. The zero-order chi connectivity index (χ0) is 16.3. The number of nitrogens with zero attached hydrogens (tertiary/aromatic N) is 2. The Labute approximate surface area is 133 Å². The predicted octanol–water partition coefficient (Wildman–Crippen LogP) is 2.09. The number of aromatic hydroxyl groups is 1. The summed E-state index contributed by atoms with van der Waals surface area (Å²) < 4.78 is 11.5. The number of hydrogen-bond acceptors (Lipinski definition) is 6. The van der Waals surface area contributed by atoms with E-state index in [-0.39, 0.29) is 23.7 Å². The van der Waals surface area contributed by atoms with Crippen LogP contribution in [0.4, 0.5) is 0 Å². The van der Waals surface area contributed by atoms with Crippen LogP contribution < -0.4 is 9.74 Å². The maximum Gasteiger partial charge on any atom is 0.278 e. The molecule has 0 aliphatic heterocycles. The first-order valence-corrected chi connectivity index (χ1v) is 7.12. The van der Waals surface area contributed by atoms with Crippen LogP contribution in [0, 0.1) is 0 Å². The molecule has 7 heteroatoms. The van der Waals surface area contributed by atoms with Crippen LogP contribution in [-0.2, 0) is 24.8 Å². The number of methoxy groups -OCH3 is 1. The van der Waals surface area contributed by atoms with Gasteiger partial charge in [-0.2, -0.15) is 5.10 Å². The Hall–Kier alpha value is -1.99. The van der Waals surface area contributed by atoms with Gasteiger partial charge in [0.1, 0.15) is 11.4 Å². The molecule has 1 heterocycles. The van der Waals surface area contributed by atoms with Gasteiger partial charge in [0.2, 0.25) is 0 Å². The third-order valence-corrected chi connectivity index (χ3v) is 3.56. The van der Waals surface area contributed by atoms with Crippen LogP contribution in [-0.4, -0.2) is 22.0 Å². The molecule has 0 spiro atoms. The summed E-state index contributed by atoms with van der Waals surface area (Å²) in [7, 11) is 3.10. The van der Waals surface area contributed by atoms with Crippen LogP contribution in [0.2, 0.25) is 0 Å². The minimum atomic E-state index is -0.302. The number of hydrogen-bond donors (Lipinski definition) is 2. The lowest BCUT2D eigenvalue weighted by Gasteiger charge is -2.15. The van der Waals surface area contributed by atoms with Gasteiger partial charge in [-0.3, -0.25) is 4.79 Å². The maximum absolute atomic E-state index is 12.5. The fourth-order valence-corrected chi connectivity index (χ4v) is 2.56. The molecule has 0 saturated carbocycles. The predicted molar refractivity (Wildman–Crippen MR) is 86.3 cm³/mol. The average molecular weight is 322 g/mol. The minimum Gasteiger partial charge on any atom is -0.508 e. The summed E-state index contributed by atoms with van der Waals surface area (Å²) in [5, 5.41) is 13.8. The fraction of sp³-hybridized carbons (Fsp3) is 0.333. The lowest BCUT2D eigenvalue weighted by molar-refractivity contribution is 0.178. The van der Waals surface area contributed by atoms with E-state index < -0.39 is 0 Å². The quantitative estimate of drug-likeness (QED) is 0.651. The molecule has 0 fully saturated rings. The standard InChI is InChI=1S/C15H18N2O4S/c1-4-9-7-10(18)5-6-11(9)13-14(21-22)12(8-20-3)16-17(2)15(13)19/h5-7,18,22H,4,8H2,1-3H3. The van der Waals surface area contributed by atoms with Crippen molar-refractivity contribution in [3.05, 3.63) is 39.8 Å². The molecule has 118 valence electrons. The average Bonchev–Trinajstić information content (AvgIpc) is 2.51. The van der Waals surface area contributed by atoms with Crippen LogP contribution in [0.15, 0.2) is 23.0 Å². The van der Waals surface area contributed by atoms with Crippen molar-refractivity contribution in [2.75, 3.05) is 7.11 Å². The minimum absolute atomic E-state index is 0.150. The molecule has 0 unspecified atom stereocenters. The molecule has 2 rings (SSSR count). The van der Waals surface area contributed by atoms with Crippen LogP contribution in [0.25, 0.3) is 11.1 Å². The van der Waals surface area contributed by atoms with Crippen molar-refractivity contribution < 1.29 is 14.0 Å². The summed E-state index contributed by atoms with van der Waals surface area (Å²) in [5.41, 5.74) is 2.05. The summed E-state index contributed by atoms with van der Waals surface area (Å²) in [5.74, 6) is 0.422. The lowest BCUT2D eigenvalue weighted by atomic mass is 9.97. The van der Waals surface area contributed by atoms with Gasteiger partial charge in [-0.1, -0.05) is 13.0 Å². The highest BCUT2D eigenvalue weighted by molar-refractivity contribution is 7.75. The van der Waals surface area contributed by atoms with Crippen LogP contribution in [0.1, 0.15) is 18.2 Å². The second kappa shape index (κ2) is 6.85. The van der Waals surface area contributed by atoms with Gasteiger partial charge in [-0.05, 0) is 29.7 Å². The van der Waals surface area contributed by atoms with E-state index in [2.05, 4.69) is 18.0 Å². The lowest BCUT2D eigenvalue weighted by Crippen LogP contribution is -2.24. The van der Waals surface area contributed by atoms with Gasteiger partial charge in [0.15, 0.2) is 5.75 Å². The monoisotopic (exact) mass is 322 g/mol. The van der Waals surface area contributed by atoms with E-state index in [9.17, 15) is 9.90 Å². The third-order valence-electron chi connectivity index (χ3n) is 3.38. The van der Waals surface area contributed by atoms with Crippen molar-refractivity contribution in [1.29, 1.82) is 0 Å². The Morgan fingerprint density at radius 3 is 2.73 bits per heavy atom. The first kappa shape index (κ1) is 16.4. The molecule has 6 nitrogen and oxygen atoms in total. The highest BCUT2D eigenvalue weighted by atomic mass is 32.1. The van der Waals surface area contributed by atoms with Gasteiger partial charge in [0.25, 0.3) is 5.56 Å². The Morgan fingerprint density at radius 2 is 2.14 bits per heavy atom. The topological polar surface area (TPSA) is 73.6 Å². The van der Waals surface area contributed by atoms with E-state index in [1.807, 2.05) is 6.92 Å². The Kier molecular flexibility index (Phi) is 5.10. The summed E-state index contributed by atoms with van der Waals surface area (Å²) >= 11 is 3.86. The smallest absolute Gasteiger partial charge is 0.278 e. The summed E-state index contributed by atoms with van der Waals surface area (Å²) in [6.45, 7) is 2.14. The number of aromatic nitrogens is 2. The molecule has 0 saturated heterocycles. The van der Waals surface area contributed by atoms with Crippen molar-refractivity contribution >= 4 is 12.9 Å². The first-order chi connectivity index (χ1) is 10.5. The van der Waals surface area contributed by atoms with Gasteiger partial charge in [-0.15, -0.1) is 0 Å². The second-order valence-electron chi connectivity index (χ2n) is 4.80. The molecule has 0 aliphatic rings. The summed E-state index contributed by atoms with van der Waals surface area (Å²) in [6.07, 6.45) is 0.654. The Balaban J connectivity index is 2.82. The molecule has 22 heavy (non-hydrogen) atoms. The molecule has 1 aromatic carbocycles. The number of phenolic OH excluding ortho intramolecular Hbond substituents is 1. The number of benzene rings is 1. The fourth-order valence-electron chi connectivity index (χ4n) is 2.36. The van der Waals surface area contributed by atoms with E-state index in [4.69, 9.17) is 8.92 Å². The van der Waals surface area contributed by atoms with E-state index in [0.717, 1.165) is 5.56 Å². The molecule has 1 aromatic heterocycles. The molecule has 0 atom stereocenters. The van der Waals surface area contributed by atoms with Crippen molar-refractivity contribution in [3.8, 4) is 22.6 Å². The van der Waals surface area contributed by atoms with E-state index in [1.54, 1.807) is 19.2 Å². The van der Waals surface area contributed by atoms with Gasteiger partial charge in [0.05, 0.1) is 12.2 Å². The zero-order valence-electron chi connectivity index (χ0n) is 12.7. The Morgan fingerprint density at radius 1 is 1.41 bits per heavy atom. The normalized spacial score (nSPS) is 10.7. The summed E-state index contributed by atoms with van der Waals surface area (Å²) in [6, 6.07) is 4.86. The van der Waals surface area contributed by atoms with Crippen molar-refractivity contribution in [3.63, 3.8) is 0 Å². The zero-order valence-corrected chi connectivity index (χ0v) is 13.6. The third kappa shape index (κ3) is 2.95. The van der Waals surface area contributed by atoms with Crippen molar-refractivity contribution in [1.82, 2.24) is 9.78 Å². The highest BCUT2D eigenvalue weighted by Crippen LogP contribution is 2.34. The Bertz CT molecular complexity index is 743. The van der Waals surface area contributed by atoms with Crippen LogP contribution in [0.5, 0.6) is 11.5 Å². The molecule has 0 bridgehead atoms. The summed E-state index contributed by atoms with van der Waals surface area (Å²) in [4.78, 5) is 12.5. The maximum atomic E-state index is 12.5. The molecular weight excluding hydrogens is 304 g/mol. The van der Waals surface area contributed by atoms with Crippen LogP contribution >= 0.6 is 12.9 Å². The number of thiol groups is 1. The molecule has 0 radical (unpaired) electrons. The first-order valence-electron chi connectivity index (χ1n) is 6.76. The SMILES string of the molecule is CCc1cc(O)ccc1-c1c(OS)c(COC)nn(C)c1=O. The molecular formula is C15H18N2O4S. The number of ether oxygens (including phenoxy) is 1. The molecule has 2 aromatic rings. The van der Waals surface area contributed by atoms with Crippen molar-refractivity contribution in [2.45, 2.75) is 20.0 Å². The van der Waals surface area contributed by atoms with E-state index in [1.165, 1.54) is 17.9 Å². The van der Waals surface area contributed by atoms with E-state index in [0.29, 0.717) is 23.2 Å². The highest BCUT2D eigenvalue weighted by Gasteiger charge is 2.21. The van der Waals surface area contributed by atoms with Gasteiger partial charge >= 0.3 is 0 Å². The second-order valence-corrected chi connectivity index (χ2v) is 4.98.